The Morgan fingerprint density at radius 3 is 2.05 bits per heavy atom. The molecule has 0 fully saturated rings. The second kappa shape index (κ2) is 7.81. The molecule has 0 aliphatic rings. The number of rotatable bonds is 2. The van der Waals surface area contributed by atoms with E-state index in [1.165, 1.54) is 17.2 Å². The van der Waals surface area contributed by atoms with E-state index in [-0.39, 0.29) is 6.54 Å². The van der Waals surface area contributed by atoms with E-state index in [1.54, 1.807) is 6.07 Å². The van der Waals surface area contributed by atoms with Gasteiger partial charge in [-0.1, -0.05) is 42.5 Å². The molecule has 114 valence electrons. The molecule has 0 aliphatic heterocycles. The van der Waals surface area contributed by atoms with Gasteiger partial charge in [-0.05, 0) is 29.7 Å². The third kappa shape index (κ3) is 5.57. The number of hydrogen-bond acceptors (Lipinski definition) is 2. The smallest absolute Gasteiger partial charge is 0.326 e. The van der Waals surface area contributed by atoms with Gasteiger partial charge in [0, 0.05) is 13.1 Å². The number of nitrogens with two attached hydrogens (primary N) is 2. The summed E-state index contributed by atoms with van der Waals surface area (Å²) in [6, 6.07) is 13.2. The van der Waals surface area contributed by atoms with Crippen molar-refractivity contribution in [3.8, 4) is 0 Å². The lowest BCUT2D eigenvalue weighted by atomic mass is 10.1. The van der Waals surface area contributed by atoms with Gasteiger partial charge in [0.1, 0.15) is 0 Å². The van der Waals surface area contributed by atoms with Crippen molar-refractivity contribution in [2.45, 2.75) is 26.2 Å². The van der Waals surface area contributed by atoms with Crippen LogP contribution in [-0.4, -0.2) is 0 Å². The van der Waals surface area contributed by atoms with Crippen LogP contribution in [0.5, 0.6) is 0 Å². The fourth-order valence-electron chi connectivity index (χ4n) is 1.71. The summed E-state index contributed by atoms with van der Waals surface area (Å²) in [6.45, 7) is 2.85. The monoisotopic (exact) mass is 296 g/mol. The molecule has 2 aromatic rings. The predicted molar refractivity (Wildman–Crippen MR) is 78.4 cm³/mol. The van der Waals surface area contributed by atoms with Crippen LogP contribution < -0.4 is 11.5 Å². The SMILES string of the molecule is Cc1ccccc1CN.NCc1cccc(C(F)(F)F)c1. The molecule has 2 rings (SSSR count). The normalized spacial score (nSPS) is 10.8. The van der Waals surface area contributed by atoms with Gasteiger partial charge >= 0.3 is 6.18 Å². The standard InChI is InChI=1S/C8H8F3N.C8H11N/c9-8(10,11)7-3-1-2-6(4-7)5-12;1-7-4-2-3-5-8(7)6-9/h1-4H,5,12H2;2-5H,6,9H2,1H3. The maximum absolute atomic E-state index is 12.1. The lowest BCUT2D eigenvalue weighted by molar-refractivity contribution is -0.137. The van der Waals surface area contributed by atoms with Crippen LogP contribution in [0.2, 0.25) is 0 Å². The van der Waals surface area contributed by atoms with E-state index in [1.807, 2.05) is 12.1 Å². The Kier molecular flexibility index (Phi) is 6.39. The number of benzene rings is 2. The van der Waals surface area contributed by atoms with Crippen LogP contribution in [0.4, 0.5) is 13.2 Å². The number of halogens is 3. The molecule has 0 amide bonds. The zero-order valence-corrected chi connectivity index (χ0v) is 11.8. The van der Waals surface area contributed by atoms with Gasteiger partial charge in [-0.3, -0.25) is 0 Å². The highest BCUT2D eigenvalue weighted by Crippen LogP contribution is 2.29. The highest BCUT2D eigenvalue weighted by molar-refractivity contribution is 5.25. The van der Waals surface area contributed by atoms with Gasteiger partial charge in [-0.15, -0.1) is 0 Å². The largest absolute Gasteiger partial charge is 0.416 e. The lowest BCUT2D eigenvalue weighted by Gasteiger charge is -2.06. The molecule has 5 heteroatoms. The van der Waals surface area contributed by atoms with Gasteiger partial charge in [0.25, 0.3) is 0 Å². The van der Waals surface area contributed by atoms with E-state index in [0.29, 0.717) is 12.1 Å². The first-order chi connectivity index (χ1) is 9.88. The summed E-state index contributed by atoms with van der Waals surface area (Å²) in [5.41, 5.74) is 13.0. The van der Waals surface area contributed by atoms with Gasteiger partial charge in [0.15, 0.2) is 0 Å². The summed E-state index contributed by atoms with van der Waals surface area (Å²) < 4.78 is 36.2. The van der Waals surface area contributed by atoms with Crippen molar-refractivity contribution in [1.29, 1.82) is 0 Å². The zero-order chi connectivity index (χ0) is 15.9. The van der Waals surface area contributed by atoms with E-state index >= 15 is 0 Å². The summed E-state index contributed by atoms with van der Waals surface area (Å²) in [7, 11) is 0. The van der Waals surface area contributed by atoms with E-state index < -0.39 is 11.7 Å². The zero-order valence-electron chi connectivity index (χ0n) is 11.8. The lowest BCUT2D eigenvalue weighted by Crippen LogP contribution is -2.06. The molecule has 0 aromatic heterocycles. The van der Waals surface area contributed by atoms with Gasteiger partial charge < -0.3 is 11.5 Å². The second-order valence-electron chi connectivity index (χ2n) is 4.53. The molecule has 0 spiro atoms. The highest BCUT2D eigenvalue weighted by Gasteiger charge is 2.30. The predicted octanol–water partition coefficient (Wildman–Crippen LogP) is 3.62. The molecule has 0 saturated carbocycles. The summed E-state index contributed by atoms with van der Waals surface area (Å²) in [5.74, 6) is 0. The Bertz CT molecular complexity index is 565. The highest BCUT2D eigenvalue weighted by atomic mass is 19.4. The minimum Gasteiger partial charge on any atom is -0.326 e. The van der Waals surface area contributed by atoms with Gasteiger partial charge in [0.2, 0.25) is 0 Å². The van der Waals surface area contributed by atoms with Gasteiger partial charge in [0.05, 0.1) is 5.56 Å². The average Bonchev–Trinajstić information content (AvgIpc) is 2.47. The molecule has 0 saturated heterocycles. The molecule has 0 aliphatic carbocycles. The first-order valence-corrected chi connectivity index (χ1v) is 6.49. The summed E-state index contributed by atoms with van der Waals surface area (Å²) >= 11 is 0. The molecule has 2 nitrogen and oxygen atoms in total. The number of aryl methyl sites for hydroxylation is 1. The molecular formula is C16H19F3N2. The molecule has 0 bridgehead atoms. The quantitative estimate of drug-likeness (QED) is 0.889. The average molecular weight is 296 g/mol. The van der Waals surface area contributed by atoms with Crippen LogP contribution in [-0.2, 0) is 19.3 Å². The summed E-state index contributed by atoms with van der Waals surface area (Å²) in [5, 5.41) is 0. The van der Waals surface area contributed by atoms with Crippen LogP contribution in [0.25, 0.3) is 0 Å². The Hall–Kier alpha value is -1.85. The molecule has 2 aromatic carbocycles. The van der Waals surface area contributed by atoms with Gasteiger partial charge in [-0.25, -0.2) is 0 Å². The minimum absolute atomic E-state index is 0.129. The Morgan fingerprint density at radius 2 is 1.57 bits per heavy atom. The molecule has 0 radical (unpaired) electrons. The number of alkyl halides is 3. The molecule has 0 atom stereocenters. The van der Waals surface area contributed by atoms with Crippen LogP contribution in [0.1, 0.15) is 22.3 Å². The summed E-state index contributed by atoms with van der Waals surface area (Å²) in [4.78, 5) is 0. The van der Waals surface area contributed by atoms with Crippen LogP contribution in [0, 0.1) is 6.92 Å². The molecular weight excluding hydrogens is 277 g/mol. The van der Waals surface area contributed by atoms with Crippen molar-refractivity contribution in [3.63, 3.8) is 0 Å². The van der Waals surface area contributed by atoms with E-state index in [2.05, 4.69) is 19.1 Å². The van der Waals surface area contributed by atoms with Crippen molar-refractivity contribution in [3.05, 3.63) is 70.8 Å². The molecule has 0 unspecified atom stereocenters. The first kappa shape index (κ1) is 17.2. The van der Waals surface area contributed by atoms with Crippen molar-refractivity contribution in [2.75, 3.05) is 0 Å². The summed E-state index contributed by atoms with van der Waals surface area (Å²) in [6.07, 6.45) is -4.27. The third-order valence-electron chi connectivity index (χ3n) is 2.97. The van der Waals surface area contributed by atoms with Crippen LogP contribution >= 0.6 is 0 Å². The van der Waals surface area contributed by atoms with Crippen molar-refractivity contribution in [2.24, 2.45) is 11.5 Å². The molecule has 0 heterocycles. The van der Waals surface area contributed by atoms with Crippen LogP contribution in [0.15, 0.2) is 48.5 Å². The maximum Gasteiger partial charge on any atom is 0.416 e. The third-order valence-corrected chi connectivity index (χ3v) is 2.97. The molecule has 4 N–H and O–H groups in total. The van der Waals surface area contributed by atoms with E-state index in [4.69, 9.17) is 11.5 Å². The van der Waals surface area contributed by atoms with Gasteiger partial charge in [-0.2, -0.15) is 13.2 Å². The minimum atomic E-state index is -4.27. The van der Waals surface area contributed by atoms with Crippen molar-refractivity contribution >= 4 is 0 Å². The first-order valence-electron chi connectivity index (χ1n) is 6.49. The Morgan fingerprint density at radius 1 is 0.905 bits per heavy atom. The second-order valence-corrected chi connectivity index (χ2v) is 4.53. The van der Waals surface area contributed by atoms with Crippen molar-refractivity contribution < 1.29 is 13.2 Å². The van der Waals surface area contributed by atoms with E-state index in [0.717, 1.165) is 12.1 Å². The van der Waals surface area contributed by atoms with Crippen molar-refractivity contribution in [1.82, 2.24) is 0 Å². The Balaban J connectivity index is 0.000000219. The maximum atomic E-state index is 12.1. The van der Waals surface area contributed by atoms with E-state index in [9.17, 15) is 13.2 Å². The topological polar surface area (TPSA) is 52.0 Å². The fourth-order valence-corrected chi connectivity index (χ4v) is 1.71. The Labute approximate surface area is 122 Å². The van der Waals surface area contributed by atoms with Crippen LogP contribution in [0.3, 0.4) is 0 Å². The number of hydrogen-bond donors (Lipinski definition) is 2. The molecule has 21 heavy (non-hydrogen) atoms. The fraction of sp³-hybridized carbons (Fsp3) is 0.250.